The summed E-state index contributed by atoms with van der Waals surface area (Å²) in [4.78, 5) is 43.5. The lowest BCUT2D eigenvalue weighted by atomic mass is 10.3. The van der Waals surface area contributed by atoms with Crippen LogP contribution >= 0.6 is 0 Å². The Morgan fingerprint density at radius 1 is 1.17 bits per heavy atom. The molecule has 24 heavy (non-hydrogen) atoms. The van der Waals surface area contributed by atoms with Crippen LogP contribution in [0, 0.1) is 0 Å². The number of amides is 1. The zero-order valence-corrected chi connectivity index (χ0v) is 14.5. The van der Waals surface area contributed by atoms with Gasteiger partial charge in [0.25, 0.3) is 5.56 Å². The SMILES string of the molecule is CCCn1c(=O)c2[nH]c(CCCNC(C)=O)nc2n(CCC)c1=O. The average molecular weight is 335 g/mol. The van der Waals surface area contributed by atoms with E-state index in [1.54, 1.807) is 4.57 Å². The van der Waals surface area contributed by atoms with Gasteiger partial charge in [0.05, 0.1) is 0 Å². The minimum atomic E-state index is -0.315. The van der Waals surface area contributed by atoms with E-state index in [2.05, 4.69) is 15.3 Å². The Bertz CT molecular complexity index is 831. The number of carbonyl (C=O) groups is 1. The lowest BCUT2D eigenvalue weighted by Gasteiger charge is -2.09. The van der Waals surface area contributed by atoms with Gasteiger partial charge in [-0.2, -0.15) is 0 Å². The van der Waals surface area contributed by atoms with Gasteiger partial charge in [-0.1, -0.05) is 13.8 Å². The molecule has 0 aliphatic rings. The monoisotopic (exact) mass is 335 g/mol. The molecule has 0 unspecified atom stereocenters. The first kappa shape index (κ1) is 18.0. The maximum Gasteiger partial charge on any atom is 0.332 e. The number of nitrogens with one attached hydrogen (secondary N) is 2. The van der Waals surface area contributed by atoms with Gasteiger partial charge < -0.3 is 10.3 Å². The molecule has 8 heteroatoms. The largest absolute Gasteiger partial charge is 0.356 e. The number of fused-ring (bicyclic) bond motifs is 1. The molecule has 0 spiro atoms. The van der Waals surface area contributed by atoms with Crippen molar-refractivity contribution in [2.75, 3.05) is 6.54 Å². The summed E-state index contributed by atoms with van der Waals surface area (Å²) in [7, 11) is 0. The molecule has 2 aromatic rings. The fourth-order valence-corrected chi connectivity index (χ4v) is 2.70. The highest BCUT2D eigenvalue weighted by atomic mass is 16.2. The molecule has 0 aromatic carbocycles. The van der Waals surface area contributed by atoms with Crippen molar-refractivity contribution in [3.63, 3.8) is 0 Å². The van der Waals surface area contributed by atoms with Crippen LogP contribution in [-0.4, -0.2) is 31.6 Å². The number of hydrogen-bond acceptors (Lipinski definition) is 4. The zero-order valence-electron chi connectivity index (χ0n) is 14.5. The summed E-state index contributed by atoms with van der Waals surface area (Å²) in [5.74, 6) is 0.588. The second-order valence-electron chi connectivity index (χ2n) is 5.86. The predicted octanol–water partition coefficient (Wildman–Crippen LogP) is 0.775. The van der Waals surface area contributed by atoms with Crippen molar-refractivity contribution >= 4 is 17.1 Å². The standard InChI is InChI=1S/C16H25N5O3/c1-4-9-20-14-13(15(23)21(10-5-2)16(20)24)18-12(19-14)7-6-8-17-11(3)22/h4-10H2,1-3H3,(H,17,22)(H,18,19). The van der Waals surface area contributed by atoms with Gasteiger partial charge in [0.1, 0.15) is 11.3 Å². The molecular formula is C16H25N5O3. The van der Waals surface area contributed by atoms with Gasteiger partial charge in [0.2, 0.25) is 5.91 Å². The second kappa shape index (κ2) is 7.94. The molecule has 0 saturated carbocycles. The first-order valence-corrected chi connectivity index (χ1v) is 8.46. The molecule has 0 atom stereocenters. The highest BCUT2D eigenvalue weighted by molar-refractivity contribution is 5.72. The van der Waals surface area contributed by atoms with Crippen LogP contribution in [0.5, 0.6) is 0 Å². The highest BCUT2D eigenvalue weighted by Crippen LogP contribution is 2.08. The number of aromatic nitrogens is 4. The van der Waals surface area contributed by atoms with Gasteiger partial charge in [-0.25, -0.2) is 9.78 Å². The van der Waals surface area contributed by atoms with E-state index in [1.807, 2.05) is 13.8 Å². The molecule has 0 radical (unpaired) electrons. The Balaban J connectivity index is 2.40. The topological polar surface area (TPSA) is 102 Å². The number of carbonyl (C=O) groups excluding carboxylic acids is 1. The third-order valence-corrected chi connectivity index (χ3v) is 3.77. The van der Waals surface area contributed by atoms with Crippen molar-refractivity contribution < 1.29 is 4.79 Å². The second-order valence-corrected chi connectivity index (χ2v) is 5.86. The van der Waals surface area contributed by atoms with Gasteiger partial charge in [-0.05, 0) is 19.3 Å². The summed E-state index contributed by atoms with van der Waals surface area (Å²) in [5, 5.41) is 2.73. The molecule has 0 fully saturated rings. The van der Waals surface area contributed by atoms with Crippen molar-refractivity contribution in [3.8, 4) is 0 Å². The van der Waals surface area contributed by atoms with E-state index < -0.39 is 0 Å². The summed E-state index contributed by atoms with van der Waals surface area (Å²) in [6.07, 6.45) is 2.80. The lowest BCUT2D eigenvalue weighted by Crippen LogP contribution is -2.40. The molecular weight excluding hydrogens is 310 g/mol. The van der Waals surface area contributed by atoms with Gasteiger partial charge in [-0.15, -0.1) is 0 Å². The Labute approximate surface area is 139 Å². The third kappa shape index (κ3) is 3.74. The van der Waals surface area contributed by atoms with E-state index in [4.69, 9.17) is 0 Å². The van der Waals surface area contributed by atoms with Crippen LogP contribution in [0.25, 0.3) is 11.2 Å². The number of hydrogen-bond donors (Lipinski definition) is 2. The van der Waals surface area contributed by atoms with Crippen molar-refractivity contribution in [1.29, 1.82) is 0 Å². The summed E-state index contributed by atoms with van der Waals surface area (Å²) in [6.45, 7) is 6.86. The summed E-state index contributed by atoms with van der Waals surface area (Å²) >= 11 is 0. The summed E-state index contributed by atoms with van der Waals surface area (Å²) in [5.41, 5.74) is 0.192. The quantitative estimate of drug-likeness (QED) is 0.696. The fourth-order valence-electron chi connectivity index (χ4n) is 2.70. The van der Waals surface area contributed by atoms with Crippen LogP contribution in [0.3, 0.4) is 0 Å². The molecule has 0 bridgehead atoms. The molecule has 2 heterocycles. The van der Waals surface area contributed by atoms with Crippen molar-refractivity contribution in [3.05, 3.63) is 26.7 Å². The van der Waals surface area contributed by atoms with E-state index in [-0.39, 0.29) is 17.2 Å². The normalized spacial score (nSPS) is 11.1. The number of aromatic amines is 1. The minimum Gasteiger partial charge on any atom is -0.356 e. The molecule has 2 N–H and O–H groups in total. The Morgan fingerprint density at radius 3 is 2.46 bits per heavy atom. The smallest absolute Gasteiger partial charge is 0.332 e. The van der Waals surface area contributed by atoms with Crippen LogP contribution in [0.15, 0.2) is 9.59 Å². The lowest BCUT2D eigenvalue weighted by molar-refractivity contribution is -0.118. The van der Waals surface area contributed by atoms with E-state index in [9.17, 15) is 14.4 Å². The highest BCUT2D eigenvalue weighted by Gasteiger charge is 2.16. The maximum atomic E-state index is 12.6. The number of imidazole rings is 1. The van der Waals surface area contributed by atoms with Crippen LogP contribution in [0.1, 0.15) is 45.9 Å². The molecule has 0 aliphatic carbocycles. The number of rotatable bonds is 8. The number of nitrogens with zero attached hydrogens (tertiary/aromatic N) is 3. The molecule has 8 nitrogen and oxygen atoms in total. The number of H-pyrrole nitrogens is 1. The minimum absolute atomic E-state index is 0.0705. The van der Waals surface area contributed by atoms with Crippen LogP contribution in [0.2, 0.25) is 0 Å². The molecule has 1 amide bonds. The molecule has 2 rings (SSSR count). The zero-order chi connectivity index (χ0) is 17.7. The average Bonchev–Trinajstić information content (AvgIpc) is 2.96. The summed E-state index contributed by atoms with van der Waals surface area (Å²) < 4.78 is 2.84. The van der Waals surface area contributed by atoms with E-state index in [0.717, 1.165) is 6.42 Å². The fraction of sp³-hybridized carbons (Fsp3) is 0.625. The Kier molecular flexibility index (Phi) is 5.94. The predicted molar refractivity (Wildman–Crippen MR) is 92.2 cm³/mol. The van der Waals surface area contributed by atoms with Gasteiger partial charge >= 0.3 is 5.69 Å². The maximum absolute atomic E-state index is 12.6. The Morgan fingerprint density at radius 2 is 1.83 bits per heavy atom. The molecule has 0 saturated heterocycles. The van der Waals surface area contributed by atoms with E-state index in [1.165, 1.54) is 11.5 Å². The van der Waals surface area contributed by atoms with Gasteiger partial charge in [0, 0.05) is 33.0 Å². The van der Waals surface area contributed by atoms with Crippen molar-refractivity contribution in [2.24, 2.45) is 0 Å². The van der Waals surface area contributed by atoms with Crippen molar-refractivity contribution in [1.82, 2.24) is 24.4 Å². The Hall–Kier alpha value is -2.38. The molecule has 132 valence electrons. The van der Waals surface area contributed by atoms with Gasteiger partial charge in [0.15, 0.2) is 5.65 Å². The van der Waals surface area contributed by atoms with Crippen LogP contribution < -0.4 is 16.6 Å². The van der Waals surface area contributed by atoms with E-state index in [0.29, 0.717) is 55.9 Å². The summed E-state index contributed by atoms with van der Waals surface area (Å²) in [6, 6.07) is 0. The van der Waals surface area contributed by atoms with Crippen LogP contribution in [-0.2, 0) is 24.3 Å². The molecule has 2 aromatic heterocycles. The molecule has 0 aliphatic heterocycles. The first-order chi connectivity index (χ1) is 11.5. The van der Waals surface area contributed by atoms with Crippen LogP contribution in [0.4, 0.5) is 0 Å². The van der Waals surface area contributed by atoms with Crippen molar-refractivity contribution in [2.45, 2.75) is 59.5 Å². The van der Waals surface area contributed by atoms with Gasteiger partial charge in [-0.3, -0.25) is 18.7 Å². The third-order valence-electron chi connectivity index (χ3n) is 3.77. The first-order valence-electron chi connectivity index (χ1n) is 8.46. The van der Waals surface area contributed by atoms with E-state index >= 15 is 0 Å². The number of aryl methyl sites for hydroxylation is 2.